The van der Waals surface area contributed by atoms with Gasteiger partial charge in [0, 0.05) is 11.6 Å². The topological polar surface area (TPSA) is 79.9 Å². The molecule has 0 aliphatic heterocycles. The van der Waals surface area contributed by atoms with E-state index in [1.807, 2.05) is 30.3 Å². The standard InChI is InChI=1S/C17H20ClN3O2/c1-23-16-8-7-14(9-15(16)18)21-17(19)20-10-13(11-22)12-5-3-2-4-6-12/h2-9,13,22H,10-11H2,1H3,(H3,19,20,21). The van der Waals surface area contributed by atoms with Crippen LogP contribution in [0.15, 0.2) is 53.5 Å². The van der Waals surface area contributed by atoms with E-state index in [9.17, 15) is 5.11 Å². The van der Waals surface area contributed by atoms with Crippen molar-refractivity contribution in [2.24, 2.45) is 10.7 Å². The maximum Gasteiger partial charge on any atom is 0.193 e. The fraction of sp³-hybridized carbons (Fsp3) is 0.235. The quantitative estimate of drug-likeness (QED) is 0.561. The molecule has 5 nitrogen and oxygen atoms in total. The number of hydrogen-bond donors (Lipinski definition) is 3. The lowest BCUT2D eigenvalue weighted by molar-refractivity contribution is 0.268. The van der Waals surface area contributed by atoms with Crippen LogP contribution in [0.3, 0.4) is 0 Å². The van der Waals surface area contributed by atoms with Crippen molar-refractivity contribution < 1.29 is 9.84 Å². The predicted octanol–water partition coefficient (Wildman–Crippen LogP) is 2.85. The van der Waals surface area contributed by atoms with Gasteiger partial charge in [0.05, 0.1) is 25.3 Å². The van der Waals surface area contributed by atoms with Crippen LogP contribution in [0.5, 0.6) is 5.75 Å². The molecule has 2 aromatic carbocycles. The number of halogens is 1. The third kappa shape index (κ3) is 4.87. The maximum absolute atomic E-state index is 9.51. The van der Waals surface area contributed by atoms with Crippen LogP contribution in [0.4, 0.5) is 5.69 Å². The average molecular weight is 334 g/mol. The normalized spacial score (nSPS) is 12.7. The van der Waals surface area contributed by atoms with E-state index in [1.54, 1.807) is 25.3 Å². The van der Waals surface area contributed by atoms with Crippen molar-refractivity contribution in [2.75, 3.05) is 25.6 Å². The summed E-state index contributed by atoms with van der Waals surface area (Å²) in [5, 5.41) is 13.0. The summed E-state index contributed by atoms with van der Waals surface area (Å²) in [5.74, 6) is 0.772. The Morgan fingerprint density at radius 2 is 2.04 bits per heavy atom. The van der Waals surface area contributed by atoms with E-state index < -0.39 is 0 Å². The fourth-order valence-corrected chi connectivity index (χ4v) is 2.39. The van der Waals surface area contributed by atoms with Crippen molar-refractivity contribution >= 4 is 23.2 Å². The van der Waals surface area contributed by atoms with Crippen LogP contribution in [-0.2, 0) is 0 Å². The first-order chi connectivity index (χ1) is 11.1. The van der Waals surface area contributed by atoms with Gasteiger partial charge in [-0.15, -0.1) is 0 Å². The SMILES string of the molecule is COc1ccc(NC(N)=NCC(CO)c2ccccc2)cc1Cl. The highest BCUT2D eigenvalue weighted by atomic mass is 35.5. The number of nitrogens with two attached hydrogens (primary N) is 1. The molecule has 0 heterocycles. The van der Waals surface area contributed by atoms with Crippen LogP contribution in [0.1, 0.15) is 11.5 Å². The predicted molar refractivity (Wildman–Crippen MR) is 94.4 cm³/mol. The number of ether oxygens (including phenoxy) is 1. The van der Waals surface area contributed by atoms with Gasteiger partial charge < -0.3 is 20.9 Å². The molecule has 0 amide bonds. The van der Waals surface area contributed by atoms with Crippen molar-refractivity contribution in [1.82, 2.24) is 0 Å². The molecule has 122 valence electrons. The molecule has 4 N–H and O–H groups in total. The zero-order valence-corrected chi connectivity index (χ0v) is 13.6. The Kier molecular flexibility index (Phi) is 6.26. The lowest BCUT2D eigenvalue weighted by atomic mass is 10.0. The maximum atomic E-state index is 9.51. The highest BCUT2D eigenvalue weighted by molar-refractivity contribution is 6.32. The highest BCUT2D eigenvalue weighted by Crippen LogP contribution is 2.27. The third-order valence-corrected chi connectivity index (χ3v) is 3.69. The van der Waals surface area contributed by atoms with Gasteiger partial charge in [0.25, 0.3) is 0 Å². The number of aliphatic hydroxyl groups is 1. The first-order valence-corrected chi connectivity index (χ1v) is 7.58. The van der Waals surface area contributed by atoms with E-state index in [0.717, 1.165) is 11.3 Å². The number of aliphatic hydroxyl groups excluding tert-OH is 1. The Morgan fingerprint density at radius 3 is 2.65 bits per heavy atom. The number of nitrogens with one attached hydrogen (secondary N) is 1. The number of anilines is 1. The molecule has 0 spiro atoms. The molecule has 1 atom stereocenters. The molecule has 6 heteroatoms. The van der Waals surface area contributed by atoms with E-state index in [1.165, 1.54) is 0 Å². The number of guanidine groups is 1. The Bertz CT molecular complexity index is 662. The van der Waals surface area contributed by atoms with Gasteiger partial charge in [-0.1, -0.05) is 41.9 Å². The Balaban J connectivity index is 2.01. The summed E-state index contributed by atoms with van der Waals surface area (Å²) >= 11 is 6.06. The first-order valence-electron chi connectivity index (χ1n) is 7.20. The van der Waals surface area contributed by atoms with E-state index in [2.05, 4.69) is 10.3 Å². The zero-order valence-electron chi connectivity index (χ0n) is 12.9. The summed E-state index contributed by atoms with van der Waals surface area (Å²) in [6.45, 7) is 0.401. The van der Waals surface area contributed by atoms with Crippen LogP contribution in [0, 0.1) is 0 Å². The number of aliphatic imine (C=N–C) groups is 1. The monoisotopic (exact) mass is 333 g/mol. The minimum absolute atomic E-state index is 0.00908. The minimum Gasteiger partial charge on any atom is -0.495 e. The van der Waals surface area contributed by atoms with Gasteiger partial charge in [-0.05, 0) is 23.8 Å². The van der Waals surface area contributed by atoms with E-state index in [4.69, 9.17) is 22.1 Å². The van der Waals surface area contributed by atoms with Crippen molar-refractivity contribution in [1.29, 1.82) is 0 Å². The summed E-state index contributed by atoms with van der Waals surface area (Å²) in [7, 11) is 1.56. The van der Waals surface area contributed by atoms with Gasteiger partial charge in [0.15, 0.2) is 5.96 Å². The molecular formula is C17H20ClN3O2. The largest absolute Gasteiger partial charge is 0.495 e. The van der Waals surface area contributed by atoms with Crippen LogP contribution in [0.2, 0.25) is 5.02 Å². The van der Waals surface area contributed by atoms with E-state index in [-0.39, 0.29) is 18.5 Å². The molecule has 0 fully saturated rings. The van der Waals surface area contributed by atoms with Gasteiger partial charge in [-0.25, -0.2) is 0 Å². The molecule has 0 aliphatic rings. The summed E-state index contributed by atoms with van der Waals surface area (Å²) in [4.78, 5) is 4.29. The molecule has 23 heavy (non-hydrogen) atoms. The molecule has 0 saturated carbocycles. The fourth-order valence-electron chi connectivity index (χ4n) is 2.13. The van der Waals surface area contributed by atoms with Crippen molar-refractivity contribution in [2.45, 2.75) is 5.92 Å². The average Bonchev–Trinajstić information content (AvgIpc) is 2.56. The molecule has 1 unspecified atom stereocenters. The molecule has 0 aromatic heterocycles. The molecule has 2 rings (SSSR count). The molecule has 2 aromatic rings. The summed E-state index contributed by atoms with van der Waals surface area (Å²) in [6.07, 6.45) is 0. The number of hydrogen-bond acceptors (Lipinski definition) is 3. The molecule has 0 aliphatic carbocycles. The second-order valence-electron chi connectivity index (χ2n) is 4.99. The summed E-state index contributed by atoms with van der Waals surface area (Å²) in [6, 6.07) is 15.0. The van der Waals surface area contributed by atoms with Gasteiger partial charge in [-0.3, -0.25) is 4.99 Å². The first kappa shape index (κ1) is 17.1. The molecule has 0 radical (unpaired) electrons. The highest BCUT2D eigenvalue weighted by Gasteiger charge is 2.09. The number of nitrogens with zero attached hydrogens (tertiary/aromatic N) is 1. The van der Waals surface area contributed by atoms with Crippen LogP contribution >= 0.6 is 11.6 Å². The molecule has 0 saturated heterocycles. The molecule has 0 bridgehead atoms. The van der Waals surface area contributed by atoms with E-state index in [0.29, 0.717) is 17.3 Å². The Morgan fingerprint density at radius 1 is 1.30 bits per heavy atom. The van der Waals surface area contributed by atoms with Gasteiger partial charge in [0.2, 0.25) is 0 Å². The van der Waals surface area contributed by atoms with E-state index >= 15 is 0 Å². The number of rotatable bonds is 6. The van der Waals surface area contributed by atoms with Crippen LogP contribution in [-0.4, -0.2) is 31.3 Å². The summed E-state index contributed by atoms with van der Waals surface area (Å²) in [5.41, 5.74) is 7.64. The minimum atomic E-state index is -0.0870. The number of methoxy groups -OCH3 is 1. The smallest absolute Gasteiger partial charge is 0.193 e. The van der Waals surface area contributed by atoms with Gasteiger partial charge in [-0.2, -0.15) is 0 Å². The number of benzene rings is 2. The molecular weight excluding hydrogens is 314 g/mol. The Hall–Kier alpha value is -2.24. The second kappa shape index (κ2) is 8.41. The van der Waals surface area contributed by atoms with Crippen LogP contribution in [0.25, 0.3) is 0 Å². The van der Waals surface area contributed by atoms with Crippen molar-refractivity contribution in [3.63, 3.8) is 0 Å². The van der Waals surface area contributed by atoms with Crippen molar-refractivity contribution in [3.8, 4) is 5.75 Å². The van der Waals surface area contributed by atoms with Crippen LogP contribution < -0.4 is 15.8 Å². The van der Waals surface area contributed by atoms with Gasteiger partial charge in [0.1, 0.15) is 5.75 Å². The Labute approximate surface area is 140 Å². The van der Waals surface area contributed by atoms with Gasteiger partial charge >= 0.3 is 0 Å². The lowest BCUT2D eigenvalue weighted by Crippen LogP contribution is -2.24. The van der Waals surface area contributed by atoms with Crippen molar-refractivity contribution in [3.05, 3.63) is 59.1 Å². The third-order valence-electron chi connectivity index (χ3n) is 3.40. The lowest BCUT2D eigenvalue weighted by Gasteiger charge is -2.13. The zero-order chi connectivity index (χ0) is 16.7. The second-order valence-corrected chi connectivity index (χ2v) is 5.40. The summed E-state index contributed by atoms with van der Waals surface area (Å²) < 4.78 is 5.10.